The number of aromatic amines is 1. The molecule has 2 N–H and O–H groups in total. The Balaban J connectivity index is 1.19. The molecule has 0 spiro atoms. The fourth-order valence-corrected chi connectivity index (χ4v) is 4.89. The number of nitrogens with zero attached hydrogens (tertiary/aromatic N) is 5. The van der Waals surface area contributed by atoms with E-state index in [0.717, 1.165) is 45.2 Å². The first-order valence-corrected chi connectivity index (χ1v) is 14.2. The van der Waals surface area contributed by atoms with Crippen molar-refractivity contribution in [1.29, 1.82) is 0 Å². The molecule has 0 atom stereocenters. The molecule has 0 fully saturated rings. The Kier molecular flexibility index (Phi) is 8.90. The number of anilines is 2. The van der Waals surface area contributed by atoms with Crippen molar-refractivity contribution >= 4 is 33.3 Å². The number of aromatic nitrogens is 6. The molecule has 6 aromatic rings. The Labute approximate surface area is 252 Å². The van der Waals surface area contributed by atoms with Gasteiger partial charge in [-0.25, -0.2) is 14.4 Å². The molecular weight excluding hydrogens is 565 g/mol. The topological polar surface area (TPSA) is 121 Å². The highest BCUT2D eigenvalue weighted by atomic mass is 19.1. The van der Waals surface area contributed by atoms with Crippen molar-refractivity contribution in [1.82, 2.24) is 29.9 Å². The number of hydrogen-bond acceptors (Lipinski definition) is 9. The number of benzene rings is 3. The average molecular weight is 598 g/mol. The van der Waals surface area contributed by atoms with E-state index in [4.69, 9.17) is 18.9 Å². The number of nitrogens with one attached hydrogen (secondary N) is 2. The number of hydrogen-bond donors (Lipinski definition) is 2. The van der Waals surface area contributed by atoms with E-state index in [0.29, 0.717) is 55.8 Å². The van der Waals surface area contributed by atoms with E-state index in [1.807, 2.05) is 53.5 Å². The highest BCUT2D eigenvalue weighted by Gasteiger charge is 2.14. The molecule has 0 saturated carbocycles. The molecule has 0 bridgehead atoms. The Morgan fingerprint density at radius 3 is 2.52 bits per heavy atom. The van der Waals surface area contributed by atoms with Gasteiger partial charge in [-0.05, 0) is 48.4 Å². The van der Waals surface area contributed by atoms with Gasteiger partial charge in [-0.3, -0.25) is 4.68 Å². The summed E-state index contributed by atoms with van der Waals surface area (Å²) in [5.41, 5.74) is 5.05. The third-order valence-electron chi connectivity index (χ3n) is 7.09. The zero-order chi connectivity index (χ0) is 30.3. The lowest BCUT2D eigenvalue weighted by molar-refractivity contribution is 0.132. The molecule has 0 aliphatic heterocycles. The third kappa shape index (κ3) is 6.61. The zero-order valence-corrected chi connectivity index (χ0v) is 24.4. The summed E-state index contributed by atoms with van der Waals surface area (Å²) < 4.78 is 37.5. The van der Waals surface area contributed by atoms with Gasteiger partial charge in [-0.15, -0.1) is 5.10 Å². The zero-order valence-electron chi connectivity index (χ0n) is 24.4. The SMILES string of the molecule is COCCOc1cc2ncnc(Nc3cccc(-c4cn(CCc5c[nH]c6cc(F)ccc56)nn4)c3)c2cc1OCCOC. The van der Waals surface area contributed by atoms with E-state index >= 15 is 0 Å². The third-order valence-corrected chi connectivity index (χ3v) is 7.09. The molecule has 0 unspecified atom stereocenters. The maximum Gasteiger partial charge on any atom is 0.163 e. The average Bonchev–Trinajstić information content (AvgIpc) is 3.68. The van der Waals surface area contributed by atoms with Gasteiger partial charge in [-0.1, -0.05) is 17.3 Å². The molecule has 0 amide bonds. The monoisotopic (exact) mass is 597 g/mol. The molecule has 6 rings (SSSR count). The maximum absolute atomic E-state index is 13.5. The van der Waals surface area contributed by atoms with E-state index in [-0.39, 0.29) is 5.82 Å². The summed E-state index contributed by atoms with van der Waals surface area (Å²) in [6, 6.07) is 16.4. The predicted octanol–water partition coefficient (Wildman–Crippen LogP) is 5.55. The molecule has 12 heteroatoms. The van der Waals surface area contributed by atoms with Crippen molar-refractivity contribution in [3.8, 4) is 22.8 Å². The van der Waals surface area contributed by atoms with Crippen LogP contribution in [0.2, 0.25) is 0 Å². The molecule has 0 radical (unpaired) electrons. The lowest BCUT2D eigenvalue weighted by atomic mass is 10.1. The number of halogens is 1. The minimum atomic E-state index is -0.259. The summed E-state index contributed by atoms with van der Waals surface area (Å²) in [7, 11) is 3.25. The molecule has 3 aromatic heterocycles. The largest absolute Gasteiger partial charge is 0.487 e. The second-order valence-electron chi connectivity index (χ2n) is 10.0. The van der Waals surface area contributed by atoms with Gasteiger partial charge < -0.3 is 29.2 Å². The van der Waals surface area contributed by atoms with Crippen LogP contribution in [0.4, 0.5) is 15.9 Å². The summed E-state index contributed by atoms with van der Waals surface area (Å²) in [6.45, 7) is 2.26. The van der Waals surface area contributed by atoms with Crippen LogP contribution in [0.3, 0.4) is 0 Å². The molecule has 3 heterocycles. The summed E-state index contributed by atoms with van der Waals surface area (Å²) in [5, 5.41) is 13.9. The van der Waals surface area contributed by atoms with Gasteiger partial charge in [0.05, 0.1) is 24.9 Å². The molecule has 11 nitrogen and oxygen atoms in total. The van der Waals surface area contributed by atoms with E-state index in [1.54, 1.807) is 20.3 Å². The second-order valence-corrected chi connectivity index (χ2v) is 10.0. The van der Waals surface area contributed by atoms with Gasteiger partial charge in [-0.2, -0.15) is 0 Å². The van der Waals surface area contributed by atoms with Gasteiger partial charge in [0.2, 0.25) is 0 Å². The minimum absolute atomic E-state index is 0.259. The fourth-order valence-electron chi connectivity index (χ4n) is 4.89. The fraction of sp³-hybridized carbons (Fsp3) is 0.250. The highest BCUT2D eigenvalue weighted by molar-refractivity contribution is 5.93. The minimum Gasteiger partial charge on any atom is -0.487 e. The Morgan fingerprint density at radius 1 is 0.886 bits per heavy atom. The van der Waals surface area contributed by atoms with Crippen molar-refractivity contribution in [3.63, 3.8) is 0 Å². The quantitative estimate of drug-likeness (QED) is 0.156. The Bertz CT molecular complexity index is 1870. The predicted molar refractivity (Wildman–Crippen MR) is 165 cm³/mol. The van der Waals surface area contributed by atoms with E-state index in [9.17, 15) is 4.39 Å². The number of methoxy groups -OCH3 is 2. The van der Waals surface area contributed by atoms with E-state index < -0.39 is 0 Å². The second kappa shape index (κ2) is 13.5. The molecule has 0 aliphatic rings. The van der Waals surface area contributed by atoms with E-state index in [2.05, 4.69) is 30.6 Å². The van der Waals surface area contributed by atoms with E-state index in [1.165, 1.54) is 18.5 Å². The van der Waals surface area contributed by atoms with Gasteiger partial charge in [0.15, 0.2) is 11.5 Å². The van der Waals surface area contributed by atoms with Crippen LogP contribution in [-0.4, -0.2) is 70.6 Å². The first kappa shape index (κ1) is 29.0. The van der Waals surface area contributed by atoms with Gasteiger partial charge in [0.1, 0.15) is 36.9 Å². The molecule has 0 saturated heterocycles. The van der Waals surface area contributed by atoms with Crippen LogP contribution in [0.1, 0.15) is 5.56 Å². The van der Waals surface area contributed by atoms with Crippen molar-refractivity contribution in [2.75, 3.05) is 46.0 Å². The van der Waals surface area contributed by atoms with Crippen LogP contribution in [-0.2, 0) is 22.4 Å². The van der Waals surface area contributed by atoms with Crippen LogP contribution >= 0.6 is 0 Å². The molecular formula is C32H32FN7O4. The summed E-state index contributed by atoms with van der Waals surface area (Å²) in [4.78, 5) is 12.1. The molecule has 226 valence electrons. The van der Waals surface area contributed by atoms with Crippen molar-refractivity contribution in [2.24, 2.45) is 0 Å². The van der Waals surface area contributed by atoms with Crippen LogP contribution in [0, 0.1) is 5.82 Å². The lowest BCUT2D eigenvalue weighted by Crippen LogP contribution is -2.09. The normalized spacial score (nSPS) is 11.3. The van der Waals surface area contributed by atoms with Gasteiger partial charge in [0, 0.05) is 60.6 Å². The van der Waals surface area contributed by atoms with Crippen molar-refractivity contribution in [3.05, 3.63) is 84.7 Å². The number of ether oxygens (including phenoxy) is 4. The Morgan fingerprint density at radius 2 is 1.70 bits per heavy atom. The van der Waals surface area contributed by atoms with Crippen LogP contribution < -0.4 is 14.8 Å². The number of H-pyrrole nitrogens is 1. The first-order chi connectivity index (χ1) is 21.6. The summed E-state index contributed by atoms with van der Waals surface area (Å²) in [6.07, 6.45) is 6.07. The number of aryl methyl sites for hydroxylation is 2. The maximum atomic E-state index is 13.5. The highest BCUT2D eigenvalue weighted by Crippen LogP contribution is 2.35. The Hall–Kier alpha value is -5.07. The first-order valence-electron chi connectivity index (χ1n) is 14.2. The molecule has 3 aromatic carbocycles. The molecule has 44 heavy (non-hydrogen) atoms. The standard InChI is InChI=1S/C32H32FN7O4/c1-41-10-12-43-30-16-26-28(17-31(30)44-13-11-42-2)35-20-36-32(26)37-24-5-3-4-21(14-24)29-19-40(39-38-29)9-8-22-18-34-27-15-23(33)6-7-25(22)27/h3-7,14-20,34H,8-13H2,1-2H3,(H,35,36,37). The summed E-state index contributed by atoms with van der Waals surface area (Å²) >= 11 is 0. The van der Waals surface area contributed by atoms with Crippen molar-refractivity contribution < 1.29 is 23.3 Å². The van der Waals surface area contributed by atoms with Crippen LogP contribution in [0.5, 0.6) is 11.5 Å². The summed E-state index contributed by atoms with van der Waals surface area (Å²) in [5.74, 6) is 1.49. The lowest BCUT2D eigenvalue weighted by Gasteiger charge is -2.15. The number of rotatable bonds is 14. The van der Waals surface area contributed by atoms with Gasteiger partial charge in [0.25, 0.3) is 0 Å². The van der Waals surface area contributed by atoms with Crippen molar-refractivity contribution in [2.45, 2.75) is 13.0 Å². The van der Waals surface area contributed by atoms with Crippen LogP contribution in [0.25, 0.3) is 33.1 Å². The molecule has 0 aliphatic carbocycles. The van der Waals surface area contributed by atoms with Gasteiger partial charge >= 0.3 is 0 Å². The smallest absolute Gasteiger partial charge is 0.163 e. The van der Waals surface area contributed by atoms with Crippen LogP contribution in [0.15, 0.2) is 73.3 Å². The number of fused-ring (bicyclic) bond motifs is 2.